The number of halogens is 2. The number of allylic oxidation sites excluding steroid dienone is 2. The maximum absolute atomic E-state index is 15.3. The van der Waals surface area contributed by atoms with Gasteiger partial charge < -0.3 is 19.7 Å². The molecule has 6 heterocycles. The molecule has 0 radical (unpaired) electrons. The van der Waals surface area contributed by atoms with Crippen molar-refractivity contribution in [3.8, 4) is 0 Å². The molecule has 0 spiro atoms. The van der Waals surface area contributed by atoms with Crippen LogP contribution in [0.4, 0.5) is 8.78 Å². The Balaban J connectivity index is 1.07. The number of aryl methyl sites for hydroxylation is 2. The van der Waals surface area contributed by atoms with Gasteiger partial charge in [0.25, 0.3) is 0 Å². The Kier molecular flexibility index (Phi) is 11.7. The predicted molar refractivity (Wildman–Crippen MR) is 178 cm³/mol. The summed E-state index contributed by atoms with van der Waals surface area (Å²) in [6, 6.07) is 0. The Bertz CT molecular complexity index is 1700. The summed E-state index contributed by atoms with van der Waals surface area (Å²) in [7, 11) is -2.41. The van der Waals surface area contributed by atoms with Gasteiger partial charge in [0.2, 0.25) is 11.8 Å². The van der Waals surface area contributed by atoms with Crippen LogP contribution >= 0.6 is 37.9 Å². The van der Waals surface area contributed by atoms with Gasteiger partial charge >= 0.3 is 13.4 Å². The van der Waals surface area contributed by atoms with E-state index in [9.17, 15) is 14.8 Å². The van der Waals surface area contributed by atoms with Crippen LogP contribution in [0.5, 0.6) is 0 Å². The van der Waals surface area contributed by atoms with Crippen LogP contribution in [0.25, 0.3) is 22.3 Å². The second-order valence-electron chi connectivity index (χ2n) is 10.8. The SMILES string of the molecule is O=[P+](S)O[C@@H]1[C@@H](CO)OC(n2cnc3c(CC/C=C/CCc4ncnc5c4ncn5C4OC(CO)[C@@H](O[P+](=S)S)[C@H]4F)ncnc32)[C@@H]1F. The zero-order chi connectivity index (χ0) is 33.9. The van der Waals surface area contributed by atoms with Gasteiger partial charge in [0.1, 0.15) is 60.4 Å². The molecule has 0 saturated carbocycles. The number of imidazole rings is 2. The highest BCUT2D eigenvalue weighted by Gasteiger charge is 2.52. The van der Waals surface area contributed by atoms with Gasteiger partial charge in [-0.05, 0) is 30.2 Å². The minimum absolute atomic E-state index is 0.348. The topological polar surface area (TPSA) is 182 Å². The van der Waals surface area contributed by atoms with E-state index in [-0.39, 0.29) is 0 Å². The summed E-state index contributed by atoms with van der Waals surface area (Å²) in [5.41, 5.74) is 3.05. The summed E-state index contributed by atoms with van der Waals surface area (Å²) in [6.45, 7) is -0.980. The minimum Gasteiger partial charge on any atom is -0.394 e. The van der Waals surface area contributed by atoms with Crippen LogP contribution in [0.3, 0.4) is 0 Å². The fourth-order valence-electron chi connectivity index (χ4n) is 5.80. The summed E-state index contributed by atoms with van der Waals surface area (Å²) < 4.78 is 66.8. The molecular weight excluding hydrogens is 732 g/mol. The first-order chi connectivity index (χ1) is 23.2. The smallest absolute Gasteiger partial charge is 0.394 e. The highest BCUT2D eigenvalue weighted by Crippen LogP contribution is 2.42. The normalized spacial score (nSPS) is 28.3. The summed E-state index contributed by atoms with van der Waals surface area (Å²) in [6.07, 6.45) is 0.323. The largest absolute Gasteiger partial charge is 0.582 e. The molecule has 2 N–H and O–H groups in total. The lowest BCUT2D eigenvalue weighted by molar-refractivity contribution is -0.0427. The Hall–Kier alpha value is -2.22. The lowest BCUT2D eigenvalue weighted by Crippen LogP contribution is -2.31. The number of hydrogen-bond acceptors (Lipinski definition) is 14. The van der Waals surface area contributed by atoms with E-state index >= 15 is 8.78 Å². The van der Waals surface area contributed by atoms with E-state index in [1.807, 2.05) is 12.2 Å². The molecule has 2 aliphatic heterocycles. The number of nitrogens with zero attached hydrogens (tertiary/aromatic N) is 8. The van der Waals surface area contributed by atoms with Gasteiger partial charge in [-0.1, -0.05) is 12.2 Å². The van der Waals surface area contributed by atoms with E-state index in [0.717, 1.165) is 0 Å². The Labute approximate surface area is 289 Å². The maximum atomic E-state index is 15.3. The summed E-state index contributed by atoms with van der Waals surface area (Å²) in [5.74, 6) is 0. The monoisotopic (exact) mass is 762 g/mol. The van der Waals surface area contributed by atoms with Crippen molar-refractivity contribution in [2.24, 2.45) is 0 Å². The van der Waals surface area contributed by atoms with Crippen LogP contribution in [0.15, 0.2) is 37.5 Å². The van der Waals surface area contributed by atoms with Gasteiger partial charge in [-0.15, -0.1) is 9.05 Å². The molecule has 0 aliphatic carbocycles. The maximum Gasteiger partial charge on any atom is 0.582 e. The molecule has 48 heavy (non-hydrogen) atoms. The molecular formula is C26H30F2N8O7P2S3+2. The molecule has 0 amide bonds. The first-order valence-corrected chi connectivity index (χ1v) is 20.4. The van der Waals surface area contributed by atoms with Crippen molar-refractivity contribution in [2.75, 3.05) is 13.2 Å². The number of ether oxygens (including phenoxy) is 2. The quantitative estimate of drug-likeness (QED) is 0.0831. The Morgan fingerprint density at radius 1 is 0.812 bits per heavy atom. The van der Waals surface area contributed by atoms with E-state index in [2.05, 4.69) is 54.4 Å². The van der Waals surface area contributed by atoms with Crippen LogP contribution in [0, 0.1) is 0 Å². The predicted octanol–water partition coefficient (Wildman–Crippen LogP) is 3.60. The van der Waals surface area contributed by atoms with Crippen molar-refractivity contribution in [1.82, 2.24) is 39.0 Å². The third kappa shape index (κ3) is 7.30. The zero-order valence-corrected chi connectivity index (χ0v) is 29.2. The molecule has 4 aromatic rings. The van der Waals surface area contributed by atoms with Gasteiger partial charge in [-0.25, -0.2) is 38.7 Å². The molecule has 2 fully saturated rings. The fraction of sp³-hybridized carbons (Fsp3) is 0.538. The van der Waals surface area contributed by atoms with Crippen molar-refractivity contribution >= 4 is 72.0 Å². The van der Waals surface area contributed by atoms with Crippen LogP contribution in [0.2, 0.25) is 0 Å². The molecule has 256 valence electrons. The fourth-order valence-corrected chi connectivity index (χ4v) is 7.68. The molecule has 4 aromatic heterocycles. The summed E-state index contributed by atoms with van der Waals surface area (Å²) in [4.78, 5) is 26.1. The van der Waals surface area contributed by atoms with E-state index in [1.165, 1.54) is 34.4 Å². The molecule has 5 unspecified atom stereocenters. The highest BCUT2D eigenvalue weighted by atomic mass is 32.9. The Morgan fingerprint density at radius 2 is 1.27 bits per heavy atom. The average molecular weight is 763 g/mol. The first kappa shape index (κ1) is 35.6. The number of aliphatic hydroxyl groups is 2. The van der Waals surface area contributed by atoms with Crippen molar-refractivity contribution in [3.63, 3.8) is 0 Å². The standard InChI is InChI=1S/C26H28F2N8O7P2S3/c27-17-21(42-44(39)46)15(7-37)40-25(17)35-11-33-19-13(29-9-31-23(19)35)5-3-1-2-4-6-14-20-24(32-10-30-14)36(12-34-20)26-18(28)22(43-45(47)48)16(8-38)41-26/h1-2,9-12,15-18,21-22,25-26,37-38H,3-8H2/p+2/b2-1+/t15-,16?,17-,18-,21-,22-,25?,26?/m1/s1. The molecule has 0 aromatic carbocycles. The van der Waals surface area contributed by atoms with E-state index in [1.54, 1.807) is 0 Å². The zero-order valence-electron chi connectivity index (χ0n) is 24.8. The molecule has 2 saturated heterocycles. The molecule has 2 aliphatic rings. The number of alkyl halides is 2. The summed E-state index contributed by atoms with van der Waals surface area (Å²) in [5, 5.41) is 19.3. The molecule has 6 rings (SSSR count). The number of thiol groups is 2. The average Bonchev–Trinajstić information content (AvgIpc) is 3.83. The number of fused-ring (bicyclic) bond motifs is 2. The highest BCUT2D eigenvalue weighted by molar-refractivity contribution is 8.54. The third-order valence-corrected chi connectivity index (χ3v) is 9.67. The lowest BCUT2D eigenvalue weighted by Gasteiger charge is -2.15. The van der Waals surface area contributed by atoms with E-state index in [0.29, 0.717) is 59.4 Å². The second-order valence-corrected chi connectivity index (χ2v) is 16.1. The van der Waals surface area contributed by atoms with Crippen molar-refractivity contribution in [2.45, 2.75) is 74.9 Å². The van der Waals surface area contributed by atoms with Crippen LogP contribution in [-0.2, 0) is 47.7 Å². The summed E-state index contributed by atoms with van der Waals surface area (Å²) >= 11 is 12.7. The Morgan fingerprint density at radius 3 is 1.69 bits per heavy atom. The first-order valence-electron chi connectivity index (χ1n) is 14.7. The van der Waals surface area contributed by atoms with E-state index in [4.69, 9.17) is 30.3 Å². The lowest BCUT2D eigenvalue weighted by atomic mass is 10.1. The van der Waals surface area contributed by atoms with E-state index < -0.39 is 75.8 Å². The molecule has 22 heteroatoms. The van der Waals surface area contributed by atoms with Crippen molar-refractivity contribution in [1.29, 1.82) is 0 Å². The molecule has 15 nitrogen and oxygen atoms in total. The molecule has 0 bridgehead atoms. The van der Waals surface area contributed by atoms with Gasteiger partial charge in [0, 0.05) is 0 Å². The number of hydrogen-bond donors (Lipinski definition) is 4. The third-order valence-electron chi connectivity index (χ3n) is 8.00. The second kappa shape index (κ2) is 15.8. The van der Waals surface area contributed by atoms with Gasteiger partial charge in [0.05, 0.1) is 37.3 Å². The van der Waals surface area contributed by atoms with Gasteiger partial charge in [0.15, 0.2) is 48.3 Å². The van der Waals surface area contributed by atoms with Crippen LogP contribution < -0.4 is 0 Å². The minimum atomic E-state index is -2.41. The molecule has 10 atom stereocenters. The number of aromatic nitrogens is 8. The number of rotatable bonds is 14. The number of aliphatic hydroxyl groups excluding tert-OH is 2. The van der Waals surface area contributed by atoms with Gasteiger partial charge in [-0.3, -0.25) is 9.13 Å². The van der Waals surface area contributed by atoms with Crippen molar-refractivity contribution in [3.05, 3.63) is 48.8 Å². The van der Waals surface area contributed by atoms with Crippen molar-refractivity contribution < 1.29 is 42.1 Å². The van der Waals surface area contributed by atoms with Gasteiger partial charge in [-0.2, -0.15) is 0 Å². The van der Waals surface area contributed by atoms with Crippen LogP contribution in [0.1, 0.15) is 36.7 Å². The van der Waals surface area contributed by atoms with Crippen LogP contribution in [-0.4, -0.2) is 99.2 Å².